The van der Waals surface area contributed by atoms with Crippen LogP contribution in [0.3, 0.4) is 0 Å². The number of ether oxygens (including phenoxy) is 1. The topological polar surface area (TPSA) is 22.1 Å². The number of hydrogen-bond donors (Lipinski definition) is 0. The molecule has 0 spiro atoms. The minimum absolute atomic E-state index is 0.0741. The van der Waals surface area contributed by atoms with Gasteiger partial charge in [0.2, 0.25) is 0 Å². The number of aromatic nitrogens is 1. The van der Waals surface area contributed by atoms with Crippen LogP contribution in [0.1, 0.15) is 50.4 Å². The number of hydrogen-bond acceptors (Lipinski definition) is 2. The first kappa shape index (κ1) is 16.1. The van der Waals surface area contributed by atoms with Crippen LogP contribution in [-0.4, -0.2) is 17.2 Å². The van der Waals surface area contributed by atoms with Crippen molar-refractivity contribution in [3.05, 3.63) is 46.9 Å². The van der Waals surface area contributed by atoms with E-state index in [4.69, 9.17) is 4.74 Å². The number of halogens is 1. The third kappa shape index (κ3) is 2.78. The third-order valence-corrected chi connectivity index (χ3v) is 4.59. The molecular weight excluding hydrogens is 289 g/mol. The average Bonchev–Trinajstić information content (AvgIpc) is 2.54. The van der Waals surface area contributed by atoms with E-state index in [-0.39, 0.29) is 18.0 Å². The van der Waals surface area contributed by atoms with Crippen molar-refractivity contribution in [3.63, 3.8) is 0 Å². The van der Waals surface area contributed by atoms with Crippen molar-refractivity contribution in [1.82, 2.24) is 4.98 Å². The Morgan fingerprint density at radius 3 is 2.65 bits per heavy atom. The van der Waals surface area contributed by atoms with Gasteiger partial charge in [-0.05, 0) is 48.2 Å². The molecule has 2 aromatic rings. The second-order valence-corrected chi connectivity index (χ2v) is 6.02. The van der Waals surface area contributed by atoms with Gasteiger partial charge in [-0.1, -0.05) is 26.8 Å². The van der Waals surface area contributed by atoms with Gasteiger partial charge in [-0.3, -0.25) is 4.98 Å². The first-order chi connectivity index (χ1) is 11.2. The Balaban J connectivity index is 0.000000753. The van der Waals surface area contributed by atoms with Gasteiger partial charge in [0.1, 0.15) is 11.9 Å². The number of aryl methyl sites for hydroxylation is 2. The first-order valence-corrected chi connectivity index (χ1v) is 8.60. The lowest BCUT2D eigenvalue weighted by atomic mass is 9.84. The molecule has 1 saturated heterocycles. The Bertz CT molecular complexity index is 760. The van der Waals surface area contributed by atoms with Crippen LogP contribution in [0.15, 0.2) is 30.1 Å². The van der Waals surface area contributed by atoms with Gasteiger partial charge in [0.05, 0.1) is 11.6 Å². The van der Waals surface area contributed by atoms with Gasteiger partial charge >= 0.3 is 0 Å². The highest BCUT2D eigenvalue weighted by Gasteiger charge is 2.41. The molecule has 2 bridgehead atoms. The molecule has 2 aliphatic heterocycles. The Morgan fingerprint density at radius 1 is 1.26 bits per heavy atom. The number of nitrogens with zero attached hydrogens (tertiary/aromatic N) is 1. The van der Waals surface area contributed by atoms with Crippen LogP contribution in [0.2, 0.25) is 0 Å². The Morgan fingerprint density at radius 2 is 2.00 bits per heavy atom. The van der Waals surface area contributed by atoms with Gasteiger partial charge in [-0.2, -0.15) is 0 Å². The molecule has 1 fully saturated rings. The molecule has 23 heavy (non-hydrogen) atoms. The Hall–Kier alpha value is -1.74. The van der Waals surface area contributed by atoms with E-state index in [1.807, 2.05) is 32.9 Å². The molecule has 2 nitrogen and oxygen atoms in total. The van der Waals surface area contributed by atoms with Crippen LogP contribution in [0.4, 0.5) is 4.39 Å². The smallest absolute Gasteiger partial charge is 0.133 e. The van der Waals surface area contributed by atoms with Crippen LogP contribution in [0, 0.1) is 6.92 Å². The molecular formula is C20H24FNO. The van der Waals surface area contributed by atoms with E-state index in [2.05, 4.69) is 24.0 Å². The average molecular weight is 313 g/mol. The summed E-state index contributed by atoms with van der Waals surface area (Å²) >= 11 is 0. The van der Waals surface area contributed by atoms with Gasteiger partial charge in [0.25, 0.3) is 0 Å². The summed E-state index contributed by atoms with van der Waals surface area (Å²) in [6.45, 7) is 8.16. The van der Waals surface area contributed by atoms with Crippen molar-refractivity contribution < 1.29 is 9.13 Å². The van der Waals surface area contributed by atoms with Crippen molar-refractivity contribution >= 4 is 16.5 Å². The summed E-state index contributed by atoms with van der Waals surface area (Å²) in [5.41, 5.74) is 5.11. The lowest BCUT2D eigenvalue weighted by molar-refractivity contribution is -0.117. The number of benzene rings is 1. The van der Waals surface area contributed by atoms with Crippen molar-refractivity contribution in [3.8, 4) is 0 Å². The molecule has 1 aliphatic carbocycles. The minimum Gasteiger partial charge on any atom is -0.367 e. The highest BCUT2D eigenvalue weighted by atomic mass is 19.1. The summed E-state index contributed by atoms with van der Waals surface area (Å²) in [5.74, 6) is -0.0741. The summed E-state index contributed by atoms with van der Waals surface area (Å²) in [7, 11) is 0. The molecule has 0 saturated carbocycles. The molecule has 0 amide bonds. The zero-order valence-corrected chi connectivity index (χ0v) is 14.3. The molecule has 122 valence electrons. The maximum atomic E-state index is 14.4. The van der Waals surface area contributed by atoms with E-state index in [0.29, 0.717) is 6.42 Å². The summed E-state index contributed by atoms with van der Waals surface area (Å²) in [6, 6.07) is 8.23. The normalized spacial score (nSPS) is 22.5. The summed E-state index contributed by atoms with van der Waals surface area (Å²) in [4.78, 5) is 4.58. The first-order valence-electron chi connectivity index (χ1n) is 8.60. The second kappa shape index (κ2) is 6.40. The SMILES string of the molecule is CC.CCc1cc(C)nc2ccc(C3=C(F)C4CC(C3)O4)cc12. The van der Waals surface area contributed by atoms with Crippen LogP contribution < -0.4 is 0 Å². The zero-order valence-electron chi connectivity index (χ0n) is 14.3. The van der Waals surface area contributed by atoms with E-state index in [1.54, 1.807) is 0 Å². The van der Waals surface area contributed by atoms with E-state index in [0.717, 1.165) is 40.6 Å². The number of rotatable bonds is 2. The predicted octanol–water partition coefficient (Wildman–Crippen LogP) is 5.37. The van der Waals surface area contributed by atoms with Crippen LogP contribution >= 0.6 is 0 Å². The molecule has 5 rings (SSSR count). The fourth-order valence-corrected chi connectivity index (χ4v) is 3.45. The minimum atomic E-state index is -0.295. The lowest BCUT2D eigenvalue weighted by Crippen LogP contribution is -2.42. The fourth-order valence-electron chi connectivity index (χ4n) is 3.45. The maximum absolute atomic E-state index is 14.4. The van der Waals surface area contributed by atoms with E-state index in [9.17, 15) is 4.39 Å². The summed E-state index contributed by atoms with van der Waals surface area (Å²) in [6.07, 6.45) is 2.40. The van der Waals surface area contributed by atoms with Gasteiger partial charge in [-0.25, -0.2) is 4.39 Å². The molecule has 0 N–H and O–H groups in total. The van der Waals surface area contributed by atoms with Crippen molar-refractivity contribution in [1.29, 1.82) is 0 Å². The van der Waals surface area contributed by atoms with Crippen molar-refractivity contribution in [2.24, 2.45) is 0 Å². The molecule has 0 radical (unpaired) electrons. The van der Waals surface area contributed by atoms with Crippen molar-refractivity contribution in [2.75, 3.05) is 0 Å². The van der Waals surface area contributed by atoms with Crippen LogP contribution in [0.25, 0.3) is 16.5 Å². The lowest BCUT2D eigenvalue weighted by Gasteiger charge is -2.41. The molecule has 1 aromatic carbocycles. The third-order valence-electron chi connectivity index (χ3n) is 4.59. The Kier molecular flexibility index (Phi) is 4.49. The maximum Gasteiger partial charge on any atom is 0.133 e. The van der Waals surface area contributed by atoms with Gasteiger partial charge in [-0.15, -0.1) is 0 Å². The molecule has 3 heterocycles. The molecule has 2 unspecified atom stereocenters. The molecule has 3 aliphatic rings. The molecule has 3 heteroatoms. The monoisotopic (exact) mass is 313 g/mol. The van der Waals surface area contributed by atoms with Gasteiger partial charge < -0.3 is 4.74 Å². The molecule has 1 aromatic heterocycles. The standard InChI is InChI=1S/C18H18FNO.C2H6/c1-3-11-6-10(2)20-16-5-4-12(7-14(11)16)15-8-13-9-17(21-13)18(15)19;1-2/h4-7,13,17H,3,8-9H2,1-2H3;1-2H3. The fraction of sp³-hybridized carbons (Fsp3) is 0.450. The van der Waals surface area contributed by atoms with Crippen molar-refractivity contribution in [2.45, 2.75) is 59.2 Å². The van der Waals surface area contributed by atoms with Gasteiger partial charge in [0, 0.05) is 23.9 Å². The van der Waals surface area contributed by atoms with Crippen LogP contribution in [-0.2, 0) is 11.2 Å². The van der Waals surface area contributed by atoms with Crippen LogP contribution in [0.5, 0.6) is 0 Å². The predicted molar refractivity (Wildman–Crippen MR) is 93.1 cm³/mol. The quantitative estimate of drug-likeness (QED) is 0.743. The van der Waals surface area contributed by atoms with E-state index in [1.165, 1.54) is 5.56 Å². The van der Waals surface area contributed by atoms with E-state index >= 15 is 0 Å². The largest absolute Gasteiger partial charge is 0.367 e. The highest BCUT2D eigenvalue weighted by molar-refractivity contribution is 5.87. The van der Waals surface area contributed by atoms with Gasteiger partial charge in [0.15, 0.2) is 0 Å². The second-order valence-electron chi connectivity index (χ2n) is 6.02. The van der Waals surface area contributed by atoms with E-state index < -0.39 is 0 Å². The Labute approximate surface area is 137 Å². The highest BCUT2D eigenvalue weighted by Crippen LogP contribution is 2.44. The number of fused-ring (bicyclic) bond motifs is 2. The number of pyridine rings is 1. The zero-order chi connectivity index (χ0) is 16.6. The summed E-state index contributed by atoms with van der Waals surface area (Å²) < 4.78 is 19.8. The summed E-state index contributed by atoms with van der Waals surface area (Å²) in [5, 5.41) is 1.14. The molecule has 2 atom stereocenters.